The third-order valence-electron chi connectivity index (χ3n) is 0.590. The van der Waals surface area contributed by atoms with Gasteiger partial charge < -0.3 is 14.9 Å². The highest BCUT2D eigenvalue weighted by atomic mass is 35.6. The first-order valence-electron chi connectivity index (χ1n) is 4.17. The largest absolute Gasteiger partial charge is 0.478 e. The molecule has 2 N–H and O–H groups in total. The van der Waals surface area contributed by atoms with Gasteiger partial charge in [0.15, 0.2) is 0 Å². The van der Waals surface area contributed by atoms with Gasteiger partial charge in [-0.3, -0.25) is 4.79 Å². The maximum absolute atomic E-state index is 9.82. The summed E-state index contributed by atoms with van der Waals surface area (Å²) >= 11 is 14.4. The van der Waals surface area contributed by atoms with Crippen LogP contribution in [0, 0.1) is 0 Å². The Kier molecular flexibility index (Phi) is 16.9. The van der Waals surface area contributed by atoms with Gasteiger partial charge in [-0.15, -0.1) is 0 Å². The van der Waals surface area contributed by atoms with Crippen molar-refractivity contribution in [2.24, 2.45) is 0 Å². The lowest BCUT2D eigenvalue weighted by molar-refractivity contribution is -0.140. The highest BCUT2D eigenvalue weighted by Crippen LogP contribution is 2.25. The van der Waals surface area contributed by atoms with E-state index in [1.165, 1.54) is 6.92 Å². The summed E-state index contributed by atoms with van der Waals surface area (Å²) in [4.78, 5) is 19.4. The molecule has 0 aromatic heterocycles. The molecule has 0 spiro atoms. The molecule has 0 saturated heterocycles. The van der Waals surface area contributed by atoms with E-state index < -0.39 is 9.76 Å². The summed E-state index contributed by atoms with van der Waals surface area (Å²) in [5, 5.41) is 15.4. The number of ether oxygens (including phenoxy) is 1. The molecule has 0 heterocycles. The molecule has 5 nitrogen and oxygen atoms in total. The molecule has 8 heteroatoms. The summed E-state index contributed by atoms with van der Waals surface area (Å²) < 4.78 is 2.24. The van der Waals surface area contributed by atoms with Crippen molar-refractivity contribution in [3.63, 3.8) is 0 Å². The summed E-state index contributed by atoms with van der Waals surface area (Å²) in [6.07, 6.45) is 0. The maximum Gasteiger partial charge on any atom is 0.356 e. The van der Waals surface area contributed by atoms with Crippen LogP contribution >= 0.6 is 34.8 Å². The van der Waals surface area contributed by atoms with E-state index in [9.17, 15) is 9.59 Å². The van der Waals surface area contributed by atoms with Crippen LogP contribution in [0.15, 0.2) is 0 Å². The standard InChI is InChI=1S/C4H8O2.C2HCl3O2.C2H6O/c1-3-6-4(2)5;3-2(4,5)1(6)7;1-2-3/h3H2,1-2H3;(H,6,7);3H,2H2,1H3. The average Bonchev–Trinajstić information content (AvgIpc) is 2.03. The summed E-state index contributed by atoms with van der Waals surface area (Å²) in [7, 11) is 0. The van der Waals surface area contributed by atoms with E-state index in [0.29, 0.717) is 6.61 Å². The maximum atomic E-state index is 9.82. The van der Waals surface area contributed by atoms with Gasteiger partial charge in [-0.1, -0.05) is 34.8 Å². The molecule has 0 aromatic rings. The van der Waals surface area contributed by atoms with Crippen molar-refractivity contribution >= 4 is 46.7 Å². The van der Waals surface area contributed by atoms with E-state index >= 15 is 0 Å². The van der Waals surface area contributed by atoms with Crippen LogP contribution in [0.3, 0.4) is 0 Å². The summed E-state index contributed by atoms with van der Waals surface area (Å²) in [6.45, 7) is 5.58. The number of halogens is 3. The molecule has 0 saturated carbocycles. The van der Waals surface area contributed by atoms with E-state index in [1.807, 2.05) is 0 Å². The number of alkyl halides is 3. The Labute approximate surface area is 109 Å². The molecule has 0 radical (unpaired) electrons. The van der Waals surface area contributed by atoms with E-state index in [-0.39, 0.29) is 12.6 Å². The van der Waals surface area contributed by atoms with Gasteiger partial charge in [0.1, 0.15) is 0 Å². The highest BCUT2D eigenvalue weighted by molar-refractivity contribution is 6.75. The zero-order chi connectivity index (χ0) is 13.8. The molecule has 0 fully saturated rings. The predicted octanol–water partition coefficient (Wildman–Crippen LogP) is 2.01. The average molecular weight is 298 g/mol. The number of aliphatic hydroxyl groups excluding tert-OH is 1. The van der Waals surface area contributed by atoms with Crippen LogP contribution in [0.5, 0.6) is 0 Å². The van der Waals surface area contributed by atoms with Gasteiger partial charge in [0.05, 0.1) is 6.61 Å². The van der Waals surface area contributed by atoms with Crippen molar-refractivity contribution in [1.29, 1.82) is 0 Å². The minimum atomic E-state index is -2.17. The number of carbonyl (C=O) groups is 2. The van der Waals surface area contributed by atoms with E-state index in [4.69, 9.17) is 45.0 Å². The molecule has 0 aromatic carbocycles. The van der Waals surface area contributed by atoms with Gasteiger partial charge in [0, 0.05) is 13.5 Å². The van der Waals surface area contributed by atoms with Crippen LogP contribution in [0.2, 0.25) is 0 Å². The Morgan fingerprint density at radius 3 is 1.50 bits per heavy atom. The minimum Gasteiger partial charge on any atom is -0.478 e. The monoisotopic (exact) mass is 296 g/mol. The third kappa shape index (κ3) is 29.2. The Hall–Kier alpha value is -0.230. The fraction of sp³-hybridized carbons (Fsp3) is 0.750. The van der Waals surface area contributed by atoms with Gasteiger partial charge in [-0.05, 0) is 13.8 Å². The summed E-state index contributed by atoms with van der Waals surface area (Å²) in [6, 6.07) is 0. The lowest BCUT2D eigenvalue weighted by atomic mass is 10.8. The van der Waals surface area contributed by atoms with Crippen molar-refractivity contribution in [3.05, 3.63) is 0 Å². The van der Waals surface area contributed by atoms with Crippen LogP contribution in [-0.4, -0.2) is 39.2 Å². The number of esters is 1. The Bertz CT molecular complexity index is 191. The normalized spacial score (nSPS) is 8.94. The van der Waals surface area contributed by atoms with Crippen molar-refractivity contribution < 1.29 is 24.5 Å². The second-order valence-electron chi connectivity index (χ2n) is 2.04. The van der Waals surface area contributed by atoms with Crippen molar-refractivity contribution in [2.45, 2.75) is 24.6 Å². The number of rotatable bonds is 1. The number of carboxylic acid groups (broad SMARTS) is 1. The second kappa shape index (κ2) is 12.8. The first-order chi connectivity index (χ1) is 7.13. The highest BCUT2D eigenvalue weighted by Gasteiger charge is 2.29. The quantitative estimate of drug-likeness (QED) is 0.571. The zero-order valence-electron chi connectivity index (χ0n) is 9.17. The molecule has 16 heavy (non-hydrogen) atoms. The van der Waals surface area contributed by atoms with Crippen molar-refractivity contribution in [1.82, 2.24) is 0 Å². The SMILES string of the molecule is CCO.CCOC(C)=O.O=C(O)C(Cl)(Cl)Cl. The van der Waals surface area contributed by atoms with E-state index in [2.05, 4.69) is 4.74 Å². The fourth-order valence-electron chi connectivity index (χ4n) is 0.203. The van der Waals surface area contributed by atoms with Gasteiger partial charge in [0.2, 0.25) is 0 Å². The van der Waals surface area contributed by atoms with Gasteiger partial charge in [-0.25, -0.2) is 4.79 Å². The molecular weight excluding hydrogens is 282 g/mol. The van der Waals surface area contributed by atoms with Crippen LogP contribution < -0.4 is 0 Å². The molecule has 0 bridgehead atoms. The molecule has 0 aliphatic heterocycles. The Morgan fingerprint density at radius 1 is 1.25 bits per heavy atom. The van der Waals surface area contributed by atoms with Crippen LogP contribution in [0.25, 0.3) is 0 Å². The lowest BCUT2D eigenvalue weighted by Gasteiger charge is -1.99. The summed E-state index contributed by atoms with van der Waals surface area (Å²) in [5.41, 5.74) is 0. The fourth-order valence-corrected chi connectivity index (χ4v) is 0.203. The molecule has 0 atom stereocenters. The molecule has 0 unspecified atom stereocenters. The Balaban J connectivity index is -0.000000172. The minimum absolute atomic E-state index is 0.211. The van der Waals surface area contributed by atoms with E-state index in [1.54, 1.807) is 13.8 Å². The number of aliphatic hydroxyl groups is 1. The van der Waals surface area contributed by atoms with Crippen LogP contribution in [0.1, 0.15) is 20.8 Å². The topological polar surface area (TPSA) is 83.8 Å². The van der Waals surface area contributed by atoms with Crippen LogP contribution in [-0.2, 0) is 14.3 Å². The smallest absolute Gasteiger partial charge is 0.356 e. The first kappa shape index (κ1) is 21.1. The van der Waals surface area contributed by atoms with E-state index in [0.717, 1.165) is 0 Å². The number of hydrogen-bond acceptors (Lipinski definition) is 4. The molecular formula is C8H15Cl3O5. The van der Waals surface area contributed by atoms with Crippen molar-refractivity contribution in [3.8, 4) is 0 Å². The zero-order valence-corrected chi connectivity index (χ0v) is 11.4. The third-order valence-corrected chi connectivity index (χ3v) is 1.08. The first-order valence-corrected chi connectivity index (χ1v) is 5.31. The van der Waals surface area contributed by atoms with Crippen LogP contribution in [0.4, 0.5) is 0 Å². The number of hydrogen-bond donors (Lipinski definition) is 2. The molecule has 0 amide bonds. The molecule has 0 aliphatic carbocycles. The van der Waals surface area contributed by atoms with Crippen molar-refractivity contribution in [2.75, 3.05) is 13.2 Å². The van der Waals surface area contributed by atoms with Gasteiger partial charge in [-0.2, -0.15) is 0 Å². The molecule has 98 valence electrons. The lowest BCUT2D eigenvalue weighted by Crippen LogP contribution is -2.16. The second-order valence-corrected chi connectivity index (χ2v) is 4.32. The Morgan fingerprint density at radius 2 is 1.50 bits per heavy atom. The number of aliphatic carboxylic acids is 1. The summed E-state index contributed by atoms with van der Waals surface area (Å²) in [5.74, 6) is -1.67. The number of carboxylic acids is 1. The van der Waals surface area contributed by atoms with Gasteiger partial charge in [0.25, 0.3) is 3.79 Å². The number of carbonyl (C=O) groups excluding carboxylic acids is 1. The van der Waals surface area contributed by atoms with Gasteiger partial charge >= 0.3 is 11.9 Å². The molecule has 0 aliphatic rings. The molecule has 0 rings (SSSR count). The predicted molar refractivity (Wildman–Crippen MR) is 63.0 cm³/mol.